The largest absolute Gasteiger partial charge is 0.383 e. The molecule has 0 spiro atoms. The second-order valence-corrected chi connectivity index (χ2v) is 5.60. The lowest BCUT2D eigenvalue weighted by Crippen LogP contribution is -2.06. The van der Waals surface area contributed by atoms with Crippen molar-refractivity contribution in [3.05, 3.63) is 46.9 Å². The molecule has 0 unspecified atom stereocenters. The Balaban J connectivity index is 2.12. The molecular formula is C15H19N3S. The van der Waals surface area contributed by atoms with E-state index in [4.69, 9.17) is 5.73 Å². The molecule has 2 aromatic rings. The molecule has 0 saturated carbocycles. The maximum absolute atomic E-state index is 5.97. The van der Waals surface area contributed by atoms with Crippen molar-refractivity contribution in [2.24, 2.45) is 0 Å². The van der Waals surface area contributed by atoms with Crippen molar-refractivity contribution in [2.45, 2.75) is 37.8 Å². The molecule has 1 heterocycles. The molecule has 2 N–H and O–H groups in total. The molecule has 0 saturated heterocycles. The summed E-state index contributed by atoms with van der Waals surface area (Å²) in [5, 5.41) is 0. The standard InChI is InChI=1S/C15H19N3S/c1-4-13-11(3)17-14(18-15(13)16)9-19-12-7-5-6-10(2)8-12/h5-8H,4,9H2,1-3H3,(H2,16,17,18). The number of thioether (sulfide) groups is 1. The Labute approximate surface area is 118 Å². The van der Waals surface area contributed by atoms with Gasteiger partial charge in [0.05, 0.1) is 5.75 Å². The molecule has 1 aromatic carbocycles. The molecule has 19 heavy (non-hydrogen) atoms. The van der Waals surface area contributed by atoms with Crippen LogP contribution in [0.1, 0.15) is 29.6 Å². The summed E-state index contributed by atoms with van der Waals surface area (Å²) in [6.07, 6.45) is 0.878. The SMILES string of the molecule is CCc1c(C)nc(CSc2cccc(C)c2)nc1N. The molecule has 2 rings (SSSR count). The maximum Gasteiger partial charge on any atom is 0.141 e. The quantitative estimate of drug-likeness (QED) is 0.866. The fourth-order valence-corrected chi connectivity index (χ4v) is 2.90. The van der Waals surface area contributed by atoms with Crippen LogP contribution in [-0.2, 0) is 12.2 Å². The summed E-state index contributed by atoms with van der Waals surface area (Å²) in [4.78, 5) is 10.2. The highest BCUT2D eigenvalue weighted by Gasteiger charge is 2.07. The van der Waals surface area contributed by atoms with Gasteiger partial charge in [-0.15, -0.1) is 11.8 Å². The lowest BCUT2D eigenvalue weighted by atomic mass is 10.2. The number of hydrogen-bond acceptors (Lipinski definition) is 4. The van der Waals surface area contributed by atoms with E-state index in [0.29, 0.717) is 5.82 Å². The van der Waals surface area contributed by atoms with E-state index < -0.39 is 0 Å². The normalized spacial score (nSPS) is 10.7. The zero-order chi connectivity index (χ0) is 13.8. The maximum atomic E-state index is 5.97. The molecule has 4 heteroatoms. The Hall–Kier alpha value is -1.55. The minimum atomic E-state index is 0.620. The smallest absolute Gasteiger partial charge is 0.141 e. The number of nitrogens with two attached hydrogens (primary N) is 1. The molecule has 3 nitrogen and oxygen atoms in total. The summed E-state index contributed by atoms with van der Waals surface area (Å²) in [6.45, 7) is 6.17. The summed E-state index contributed by atoms with van der Waals surface area (Å²) < 4.78 is 0. The van der Waals surface area contributed by atoms with Gasteiger partial charge in [0.25, 0.3) is 0 Å². The summed E-state index contributed by atoms with van der Waals surface area (Å²) in [5.41, 5.74) is 9.29. The van der Waals surface area contributed by atoms with E-state index in [9.17, 15) is 0 Å². The molecule has 0 aliphatic heterocycles. The molecule has 0 fully saturated rings. The molecule has 0 aliphatic carbocycles. The molecular weight excluding hydrogens is 254 g/mol. The van der Waals surface area contributed by atoms with Crippen molar-refractivity contribution < 1.29 is 0 Å². The highest BCUT2D eigenvalue weighted by molar-refractivity contribution is 7.98. The van der Waals surface area contributed by atoms with Gasteiger partial charge in [0, 0.05) is 16.2 Å². The molecule has 0 bridgehead atoms. The van der Waals surface area contributed by atoms with Gasteiger partial charge in [0.15, 0.2) is 0 Å². The van der Waals surface area contributed by atoms with E-state index in [1.54, 1.807) is 11.8 Å². The van der Waals surface area contributed by atoms with Crippen LogP contribution < -0.4 is 5.73 Å². The van der Waals surface area contributed by atoms with E-state index in [2.05, 4.69) is 48.1 Å². The monoisotopic (exact) mass is 273 g/mol. The first-order valence-electron chi connectivity index (χ1n) is 6.41. The number of benzene rings is 1. The van der Waals surface area contributed by atoms with E-state index in [1.807, 2.05) is 6.92 Å². The van der Waals surface area contributed by atoms with Gasteiger partial charge >= 0.3 is 0 Å². The first kappa shape index (κ1) is 13.9. The van der Waals surface area contributed by atoms with Crippen LogP contribution in [0.25, 0.3) is 0 Å². The number of rotatable bonds is 4. The third-order valence-electron chi connectivity index (χ3n) is 3.00. The van der Waals surface area contributed by atoms with Crippen molar-refractivity contribution in [1.82, 2.24) is 9.97 Å². The van der Waals surface area contributed by atoms with Crippen molar-refractivity contribution in [2.75, 3.05) is 5.73 Å². The van der Waals surface area contributed by atoms with Crippen LogP contribution in [0.2, 0.25) is 0 Å². The summed E-state index contributed by atoms with van der Waals surface area (Å²) >= 11 is 1.74. The number of hydrogen-bond donors (Lipinski definition) is 1. The number of aromatic nitrogens is 2. The lowest BCUT2D eigenvalue weighted by Gasteiger charge is -2.08. The Morgan fingerprint density at radius 1 is 1.21 bits per heavy atom. The average Bonchev–Trinajstić information content (AvgIpc) is 2.36. The third kappa shape index (κ3) is 3.47. The summed E-state index contributed by atoms with van der Waals surface area (Å²) in [5.74, 6) is 2.17. The van der Waals surface area contributed by atoms with E-state index in [0.717, 1.165) is 29.3 Å². The molecule has 0 atom stereocenters. The fourth-order valence-electron chi connectivity index (χ4n) is 2.03. The Morgan fingerprint density at radius 3 is 2.63 bits per heavy atom. The summed E-state index contributed by atoms with van der Waals surface area (Å²) in [7, 11) is 0. The Morgan fingerprint density at radius 2 is 2.00 bits per heavy atom. The van der Waals surface area contributed by atoms with Crippen LogP contribution in [0.4, 0.5) is 5.82 Å². The number of nitrogen functional groups attached to an aromatic ring is 1. The van der Waals surface area contributed by atoms with Crippen LogP contribution in [-0.4, -0.2) is 9.97 Å². The minimum Gasteiger partial charge on any atom is -0.383 e. The van der Waals surface area contributed by atoms with Crippen molar-refractivity contribution >= 4 is 17.6 Å². The van der Waals surface area contributed by atoms with E-state index in [1.165, 1.54) is 10.5 Å². The van der Waals surface area contributed by atoms with Crippen molar-refractivity contribution in [3.63, 3.8) is 0 Å². The second kappa shape index (κ2) is 6.06. The molecule has 100 valence electrons. The van der Waals surface area contributed by atoms with Crippen LogP contribution >= 0.6 is 11.8 Å². The fraction of sp³-hybridized carbons (Fsp3) is 0.333. The minimum absolute atomic E-state index is 0.620. The second-order valence-electron chi connectivity index (χ2n) is 4.55. The highest BCUT2D eigenvalue weighted by atomic mass is 32.2. The number of aryl methyl sites for hydroxylation is 2. The van der Waals surface area contributed by atoms with Gasteiger partial charge in [0.1, 0.15) is 11.6 Å². The lowest BCUT2D eigenvalue weighted by molar-refractivity contribution is 0.947. The molecule has 0 aliphatic rings. The molecule has 1 aromatic heterocycles. The average molecular weight is 273 g/mol. The topological polar surface area (TPSA) is 51.8 Å². The van der Waals surface area contributed by atoms with Gasteiger partial charge in [-0.3, -0.25) is 0 Å². The number of anilines is 1. The van der Waals surface area contributed by atoms with Crippen LogP contribution in [0.5, 0.6) is 0 Å². The van der Waals surface area contributed by atoms with Crippen LogP contribution in [0.3, 0.4) is 0 Å². The predicted octanol–water partition coefficient (Wildman–Crippen LogP) is 3.53. The van der Waals surface area contributed by atoms with E-state index >= 15 is 0 Å². The Kier molecular flexibility index (Phi) is 4.43. The van der Waals surface area contributed by atoms with Crippen LogP contribution in [0, 0.1) is 13.8 Å². The highest BCUT2D eigenvalue weighted by Crippen LogP contribution is 2.23. The van der Waals surface area contributed by atoms with Crippen molar-refractivity contribution in [1.29, 1.82) is 0 Å². The van der Waals surface area contributed by atoms with Gasteiger partial charge in [-0.2, -0.15) is 0 Å². The zero-order valence-corrected chi connectivity index (χ0v) is 12.4. The molecule has 0 radical (unpaired) electrons. The first-order chi connectivity index (χ1) is 9.10. The van der Waals surface area contributed by atoms with Crippen LogP contribution in [0.15, 0.2) is 29.2 Å². The predicted molar refractivity (Wildman–Crippen MR) is 81.3 cm³/mol. The van der Waals surface area contributed by atoms with E-state index in [-0.39, 0.29) is 0 Å². The van der Waals surface area contributed by atoms with Gasteiger partial charge < -0.3 is 5.73 Å². The van der Waals surface area contributed by atoms with Gasteiger partial charge in [-0.25, -0.2) is 9.97 Å². The number of nitrogens with zero attached hydrogens (tertiary/aromatic N) is 2. The third-order valence-corrected chi connectivity index (χ3v) is 3.99. The van der Waals surface area contributed by atoms with Gasteiger partial charge in [-0.1, -0.05) is 24.6 Å². The summed E-state index contributed by atoms with van der Waals surface area (Å²) in [6, 6.07) is 8.44. The van der Waals surface area contributed by atoms with Gasteiger partial charge in [0.2, 0.25) is 0 Å². The van der Waals surface area contributed by atoms with Crippen molar-refractivity contribution in [3.8, 4) is 0 Å². The molecule has 0 amide bonds. The Bertz CT molecular complexity index is 558. The first-order valence-corrected chi connectivity index (χ1v) is 7.40. The zero-order valence-electron chi connectivity index (χ0n) is 11.6. The van der Waals surface area contributed by atoms with Gasteiger partial charge in [-0.05, 0) is 32.4 Å².